The SMILES string of the molecule is CO[C@@H]1C[C@@]23COC[C@@](C)([C@@H]2CC[C@H]2C3=CC[C@@]3(C)[C@H](C(=O)OCc4ccccc4)[C@@](C)([C@H](C)C(C)C)CC[C@]23C)[C@H]1OCC(=O)C(C)C. The number of rotatable bonds is 10. The molecule has 1 saturated heterocycles. The molecule has 272 valence electrons. The molecule has 0 spiro atoms. The Bertz CT molecular complexity index is 1420. The average molecular weight is 677 g/mol. The van der Waals surface area contributed by atoms with E-state index in [1.165, 1.54) is 0 Å². The van der Waals surface area contributed by atoms with E-state index in [9.17, 15) is 9.59 Å². The van der Waals surface area contributed by atoms with Crippen LogP contribution in [0.2, 0.25) is 0 Å². The number of Topliss-reactive ketones (excluding diaryl/α,β-unsaturated/α-hetero) is 1. The summed E-state index contributed by atoms with van der Waals surface area (Å²) in [4.78, 5) is 27.4. The molecule has 1 aromatic carbocycles. The van der Waals surface area contributed by atoms with Gasteiger partial charge in [0.2, 0.25) is 0 Å². The molecule has 0 amide bonds. The Kier molecular flexibility index (Phi) is 9.90. The van der Waals surface area contributed by atoms with Gasteiger partial charge in [-0.15, -0.1) is 0 Å². The van der Waals surface area contributed by atoms with Crippen molar-refractivity contribution in [2.45, 2.75) is 120 Å². The number of methoxy groups -OCH3 is 1. The number of ether oxygens (including phenoxy) is 4. The van der Waals surface area contributed by atoms with Gasteiger partial charge in [0.05, 0.1) is 31.3 Å². The van der Waals surface area contributed by atoms with Crippen molar-refractivity contribution >= 4 is 11.8 Å². The van der Waals surface area contributed by atoms with Gasteiger partial charge in [-0.05, 0) is 84.0 Å². The molecule has 49 heavy (non-hydrogen) atoms. The van der Waals surface area contributed by atoms with E-state index in [0.717, 1.165) is 44.1 Å². The molecule has 1 aromatic rings. The lowest BCUT2D eigenvalue weighted by Crippen LogP contribution is -2.70. The van der Waals surface area contributed by atoms with Crippen LogP contribution >= 0.6 is 0 Å². The number of hydrogen-bond donors (Lipinski definition) is 0. The van der Waals surface area contributed by atoms with Gasteiger partial charge in [0.25, 0.3) is 0 Å². The Morgan fingerprint density at radius 3 is 2.31 bits per heavy atom. The van der Waals surface area contributed by atoms with Crippen LogP contribution in [0, 0.1) is 62.6 Å². The Morgan fingerprint density at radius 1 is 0.939 bits per heavy atom. The van der Waals surface area contributed by atoms with Crippen molar-refractivity contribution in [3.8, 4) is 0 Å². The normalized spacial score (nSPS) is 42.0. The maximum absolute atomic E-state index is 14.7. The predicted molar refractivity (Wildman–Crippen MR) is 193 cm³/mol. The highest BCUT2D eigenvalue weighted by Crippen LogP contribution is 2.75. The van der Waals surface area contributed by atoms with Gasteiger partial charge < -0.3 is 18.9 Å². The van der Waals surface area contributed by atoms with E-state index in [4.69, 9.17) is 18.9 Å². The van der Waals surface area contributed by atoms with Crippen molar-refractivity contribution in [3.63, 3.8) is 0 Å². The smallest absolute Gasteiger partial charge is 0.310 e. The van der Waals surface area contributed by atoms with E-state index in [0.29, 0.717) is 43.5 Å². The Hall–Kier alpha value is -2.02. The molecule has 3 saturated carbocycles. The number of ketones is 1. The number of hydrogen-bond acceptors (Lipinski definition) is 6. The molecule has 4 fully saturated rings. The maximum atomic E-state index is 14.7. The molecular formula is C43H64O6. The fourth-order valence-electron chi connectivity index (χ4n) is 12.2. The van der Waals surface area contributed by atoms with Gasteiger partial charge in [0.15, 0.2) is 5.78 Å². The van der Waals surface area contributed by atoms with Gasteiger partial charge >= 0.3 is 5.97 Å². The highest BCUT2D eigenvalue weighted by molar-refractivity contribution is 5.81. The van der Waals surface area contributed by atoms with E-state index in [2.05, 4.69) is 54.5 Å². The molecule has 6 rings (SSSR count). The minimum absolute atomic E-state index is 0.0300. The first-order chi connectivity index (χ1) is 23.1. The molecule has 1 heterocycles. The van der Waals surface area contributed by atoms with Crippen molar-refractivity contribution in [3.05, 3.63) is 47.5 Å². The number of carbonyl (C=O) groups is 2. The zero-order valence-electron chi connectivity index (χ0n) is 32.1. The summed E-state index contributed by atoms with van der Waals surface area (Å²) in [6.45, 7) is 22.3. The fraction of sp³-hybridized carbons (Fsp3) is 0.767. The van der Waals surface area contributed by atoms with E-state index in [1.807, 2.05) is 44.2 Å². The summed E-state index contributed by atoms with van der Waals surface area (Å²) in [7, 11) is 1.81. The van der Waals surface area contributed by atoms with E-state index >= 15 is 0 Å². The summed E-state index contributed by atoms with van der Waals surface area (Å²) in [6, 6.07) is 10.1. The molecule has 0 unspecified atom stereocenters. The average Bonchev–Trinajstić information content (AvgIpc) is 3.06. The minimum atomic E-state index is -0.260. The summed E-state index contributed by atoms with van der Waals surface area (Å²) in [5.74, 6) is 1.40. The number of esters is 1. The third-order valence-electron chi connectivity index (χ3n) is 15.6. The van der Waals surface area contributed by atoms with Crippen LogP contribution in [0.25, 0.3) is 0 Å². The van der Waals surface area contributed by atoms with Crippen LogP contribution < -0.4 is 0 Å². The number of carbonyl (C=O) groups excluding carboxylic acids is 2. The van der Waals surface area contributed by atoms with Gasteiger partial charge in [0, 0.05) is 23.9 Å². The van der Waals surface area contributed by atoms with Gasteiger partial charge in [-0.3, -0.25) is 9.59 Å². The fourth-order valence-corrected chi connectivity index (χ4v) is 12.2. The standard InChI is InChI=1S/C43H64O6/c1-27(2)29(5)39(6)20-21-41(8)31-16-17-35-40(7)25-47-26-43(35,22-34(46-10)37(40)48-24-33(44)28(3)4)32(31)18-19-42(41,9)36(39)38(45)49-23-30-14-12-11-13-15-30/h11-15,18,27-29,31,34-37H,16-17,19-26H2,1-10H3/t29-,31+,34-,35+,36-,37+,39-,40+,41-,42+,43+/m1/s1. The van der Waals surface area contributed by atoms with Crippen LogP contribution in [0.5, 0.6) is 0 Å². The van der Waals surface area contributed by atoms with Gasteiger partial charge in [-0.1, -0.05) is 104 Å². The second-order valence-electron chi connectivity index (χ2n) is 18.4. The second-order valence-corrected chi connectivity index (χ2v) is 18.4. The molecule has 6 nitrogen and oxygen atoms in total. The van der Waals surface area contributed by atoms with Crippen molar-refractivity contribution < 1.29 is 28.5 Å². The van der Waals surface area contributed by atoms with Crippen LogP contribution in [0.3, 0.4) is 0 Å². The molecule has 2 bridgehead atoms. The van der Waals surface area contributed by atoms with Gasteiger partial charge in [0.1, 0.15) is 13.2 Å². The Labute approximate surface area is 296 Å². The van der Waals surface area contributed by atoms with Gasteiger partial charge in [-0.2, -0.15) is 0 Å². The monoisotopic (exact) mass is 676 g/mol. The van der Waals surface area contributed by atoms with Crippen molar-refractivity contribution in [1.82, 2.24) is 0 Å². The summed E-state index contributed by atoms with van der Waals surface area (Å²) in [5, 5.41) is 0. The first-order valence-electron chi connectivity index (χ1n) is 19.2. The van der Waals surface area contributed by atoms with Gasteiger partial charge in [-0.25, -0.2) is 0 Å². The van der Waals surface area contributed by atoms with Crippen LogP contribution in [0.15, 0.2) is 42.0 Å². The van der Waals surface area contributed by atoms with Crippen molar-refractivity contribution in [1.29, 1.82) is 0 Å². The lowest BCUT2D eigenvalue weighted by atomic mass is 9.34. The lowest BCUT2D eigenvalue weighted by molar-refractivity contribution is -0.266. The maximum Gasteiger partial charge on any atom is 0.310 e. The number of allylic oxidation sites excluding steroid dienone is 1. The highest BCUT2D eigenvalue weighted by atomic mass is 16.5. The first-order valence-corrected chi connectivity index (χ1v) is 19.2. The quantitative estimate of drug-likeness (QED) is 0.182. The minimum Gasteiger partial charge on any atom is -0.461 e. The summed E-state index contributed by atoms with van der Waals surface area (Å²) in [6.07, 6.45) is 8.23. The molecule has 0 N–H and O–H groups in total. The van der Waals surface area contributed by atoms with E-state index in [1.54, 1.807) is 12.7 Å². The largest absolute Gasteiger partial charge is 0.461 e. The summed E-state index contributed by atoms with van der Waals surface area (Å²) < 4.78 is 25.7. The highest BCUT2D eigenvalue weighted by Gasteiger charge is 2.72. The lowest BCUT2D eigenvalue weighted by Gasteiger charge is -2.71. The molecule has 1 aliphatic heterocycles. The number of fused-ring (bicyclic) bond motifs is 3. The summed E-state index contributed by atoms with van der Waals surface area (Å²) >= 11 is 0. The first kappa shape index (κ1) is 36.8. The molecule has 5 aliphatic rings. The van der Waals surface area contributed by atoms with Crippen LogP contribution in [0.1, 0.15) is 106 Å². The van der Waals surface area contributed by atoms with Crippen LogP contribution in [-0.2, 0) is 35.1 Å². The molecule has 0 aromatic heterocycles. The zero-order valence-corrected chi connectivity index (χ0v) is 32.1. The Balaban J connectivity index is 1.38. The molecule has 6 heteroatoms. The Morgan fingerprint density at radius 2 is 1.65 bits per heavy atom. The molecule has 11 atom stereocenters. The van der Waals surface area contributed by atoms with E-state index < -0.39 is 0 Å². The second kappa shape index (κ2) is 13.2. The van der Waals surface area contributed by atoms with Crippen LogP contribution in [0.4, 0.5) is 0 Å². The zero-order chi connectivity index (χ0) is 35.6. The van der Waals surface area contributed by atoms with Crippen molar-refractivity contribution in [2.75, 3.05) is 26.9 Å². The topological polar surface area (TPSA) is 71.1 Å². The van der Waals surface area contributed by atoms with Crippen molar-refractivity contribution in [2.24, 2.45) is 62.6 Å². The third-order valence-corrected chi connectivity index (χ3v) is 15.6. The van der Waals surface area contributed by atoms with Crippen LogP contribution in [-0.4, -0.2) is 50.9 Å². The number of benzene rings is 1. The molecule has 4 aliphatic carbocycles. The predicted octanol–water partition coefficient (Wildman–Crippen LogP) is 8.86. The van der Waals surface area contributed by atoms with E-state index in [-0.39, 0.29) is 69.5 Å². The summed E-state index contributed by atoms with van der Waals surface area (Å²) in [5.41, 5.74) is 1.67. The molecular weight excluding hydrogens is 612 g/mol. The molecule has 0 radical (unpaired) electrons. The third kappa shape index (κ3) is 5.60.